The Hall–Kier alpha value is -4.44. The largest absolute Gasteiger partial charge is 0.494 e. The van der Waals surface area contributed by atoms with Crippen LogP contribution in [-0.2, 0) is 14.3 Å². The van der Waals surface area contributed by atoms with Crippen LogP contribution in [0, 0.1) is 11.7 Å². The number of Topliss-reactive ketones (excluding diaryl/α,β-unsaturated/α-hetero) is 2. The summed E-state index contributed by atoms with van der Waals surface area (Å²) in [5.41, 5.74) is 0.626. The lowest BCUT2D eigenvalue weighted by atomic mass is 9.84. The number of halogens is 1. The van der Waals surface area contributed by atoms with E-state index < -0.39 is 46.8 Å². The van der Waals surface area contributed by atoms with E-state index in [0.717, 1.165) is 17.4 Å². The Kier molecular flexibility index (Phi) is 6.49. The number of benzene rings is 3. The number of esters is 1. The summed E-state index contributed by atoms with van der Waals surface area (Å²) in [7, 11) is 0. The van der Waals surface area contributed by atoms with Crippen LogP contribution in [0.4, 0.5) is 9.52 Å². The van der Waals surface area contributed by atoms with E-state index in [2.05, 4.69) is 10.3 Å². The summed E-state index contributed by atoms with van der Waals surface area (Å²) < 4.78 is 26.1. The third kappa shape index (κ3) is 4.58. The van der Waals surface area contributed by atoms with Crippen molar-refractivity contribution < 1.29 is 33.0 Å². The number of fused-ring (bicyclic) bond motifs is 2. The van der Waals surface area contributed by atoms with Crippen molar-refractivity contribution in [3.8, 4) is 5.75 Å². The molecule has 1 amide bonds. The molecule has 4 aromatic rings. The number of carbonyl (C=O) groups excluding carboxylic acids is 4. The monoisotopic (exact) mass is 518 g/mol. The molecule has 0 fully saturated rings. The number of amides is 1. The molecule has 2 atom stereocenters. The molecule has 1 aliphatic heterocycles. The van der Waals surface area contributed by atoms with Crippen LogP contribution >= 0.6 is 11.3 Å². The molecule has 1 aliphatic rings. The first kappa shape index (κ1) is 24.3. The zero-order valence-electron chi connectivity index (χ0n) is 19.4. The standard InChI is InChI=1S/C27H19FN2O6S/c1-2-35-14-11-12-19-20(13-14)37-27(29-19)30-25(33)23(32)21(22(31)17-9-5-6-10-18(17)28)24-15-7-3-4-8-16(15)26(34)36-24/h3-13,21,24H,2H2,1H3,(H,29,30,33)/t21-,24-/m1/s1. The molecule has 0 spiro atoms. The quantitative estimate of drug-likeness (QED) is 0.155. The van der Waals surface area contributed by atoms with E-state index >= 15 is 0 Å². The zero-order chi connectivity index (χ0) is 26.1. The Morgan fingerprint density at radius 3 is 2.65 bits per heavy atom. The molecule has 0 saturated carbocycles. The number of thiazole rings is 1. The lowest BCUT2D eigenvalue weighted by Gasteiger charge is -2.21. The minimum Gasteiger partial charge on any atom is -0.494 e. The number of ether oxygens (including phenoxy) is 2. The number of nitrogens with one attached hydrogen (secondary N) is 1. The molecule has 0 aliphatic carbocycles. The van der Waals surface area contributed by atoms with Crippen LogP contribution in [0.15, 0.2) is 66.7 Å². The fraction of sp³-hybridized carbons (Fsp3) is 0.148. The average molecular weight is 519 g/mol. The van der Waals surface area contributed by atoms with E-state index in [0.29, 0.717) is 22.6 Å². The van der Waals surface area contributed by atoms with Crippen LogP contribution in [0.3, 0.4) is 0 Å². The molecule has 8 nitrogen and oxygen atoms in total. The van der Waals surface area contributed by atoms with Crippen molar-refractivity contribution in [1.82, 2.24) is 4.98 Å². The number of anilines is 1. The van der Waals surface area contributed by atoms with E-state index in [1.54, 1.807) is 30.3 Å². The highest BCUT2D eigenvalue weighted by atomic mass is 32.1. The van der Waals surface area contributed by atoms with Crippen LogP contribution in [0.1, 0.15) is 39.3 Å². The van der Waals surface area contributed by atoms with Crippen LogP contribution < -0.4 is 10.1 Å². The number of aromatic nitrogens is 1. The van der Waals surface area contributed by atoms with Crippen molar-refractivity contribution in [1.29, 1.82) is 0 Å². The summed E-state index contributed by atoms with van der Waals surface area (Å²) in [5, 5.41) is 2.56. The number of rotatable bonds is 8. The third-order valence-electron chi connectivity index (χ3n) is 5.84. The van der Waals surface area contributed by atoms with Gasteiger partial charge in [-0.3, -0.25) is 19.7 Å². The Balaban J connectivity index is 1.48. The molecule has 0 bridgehead atoms. The second kappa shape index (κ2) is 9.90. The smallest absolute Gasteiger partial charge is 0.339 e. The molecule has 0 saturated heterocycles. The molecule has 37 heavy (non-hydrogen) atoms. The van der Waals surface area contributed by atoms with Gasteiger partial charge in [0.1, 0.15) is 23.6 Å². The van der Waals surface area contributed by atoms with E-state index in [1.165, 1.54) is 30.3 Å². The summed E-state index contributed by atoms with van der Waals surface area (Å²) in [6.07, 6.45) is -1.39. The second-order valence-electron chi connectivity index (χ2n) is 8.13. The first-order valence-electron chi connectivity index (χ1n) is 11.3. The van der Waals surface area contributed by atoms with E-state index in [9.17, 15) is 23.6 Å². The van der Waals surface area contributed by atoms with Gasteiger partial charge in [-0.25, -0.2) is 14.2 Å². The number of cyclic esters (lactones) is 1. The molecular weight excluding hydrogens is 499 g/mol. The first-order chi connectivity index (χ1) is 17.9. The second-order valence-corrected chi connectivity index (χ2v) is 9.17. The molecular formula is C27H19FN2O6S. The fourth-order valence-corrected chi connectivity index (χ4v) is 5.05. The van der Waals surface area contributed by atoms with E-state index in [1.807, 2.05) is 6.92 Å². The van der Waals surface area contributed by atoms with Gasteiger partial charge in [-0.2, -0.15) is 0 Å². The van der Waals surface area contributed by atoms with Crippen molar-refractivity contribution >= 4 is 50.1 Å². The maximum absolute atomic E-state index is 14.5. The van der Waals surface area contributed by atoms with Crippen LogP contribution in [-0.4, -0.2) is 35.0 Å². The lowest BCUT2D eigenvalue weighted by Crippen LogP contribution is -2.38. The Morgan fingerprint density at radius 1 is 1.11 bits per heavy atom. The maximum Gasteiger partial charge on any atom is 0.339 e. The Morgan fingerprint density at radius 2 is 1.86 bits per heavy atom. The third-order valence-corrected chi connectivity index (χ3v) is 6.78. The van der Waals surface area contributed by atoms with Gasteiger partial charge in [-0.15, -0.1) is 0 Å². The highest BCUT2D eigenvalue weighted by molar-refractivity contribution is 7.22. The van der Waals surface area contributed by atoms with Crippen LogP contribution in [0.25, 0.3) is 10.2 Å². The van der Waals surface area contributed by atoms with Crippen LogP contribution in [0.2, 0.25) is 0 Å². The minimum absolute atomic E-state index is 0.128. The molecule has 1 aromatic heterocycles. The highest BCUT2D eigenvalue weighted by Gasteiger charge is 2.46. The fourth-order valence-electron chi connectivity index (χ4n) is 4.16. The van der Waals surface area contributed by atoms with Gasteiger partial charge in [0.15, 0.2) is 10.9 Å². The van der Waals surface area contributed by atoms with Gasteiger partial charge < -0.3 is 9.47 Å². The van der Waals surface area contributed by atoms with E-state index in [4.69, 9.17) is 9.47 Å². The highest BCUT2D eigenvalue weighted by Crippen LogP contribution is 2.38. The van der Waals surface area contributed by atoms with Gasteiger partial charge in [0.2, 0.25) is 5.78 Å². The van der Waals surface area contributed by atoms with Gasteiger partial charge in [-0.05, 0) is 43.3 Å². The Bertz CT molecular complexity index is 1570. The number of ketones is 2. The van der Waals surface area contributed by atoms with Crippen molar-refractivity contribution in [3.05, 3.63) is 89.2 Å². The predicted molar refractivity (Wildman–Crippen MR) is 133 cm³/mol. The molecule has 3 aromatic carbocycles. The van der Waals surface area contributed by atoms with Crippen LogP contribution in [0.5, 0.6) is 5.75 Å². The van der Waals surface area contributed by atoms with Crippen molar-refractivity contribution in [3.63, 3.8) is 0 Å². The average Bonchev–Trinajstić information content (AvgIpc) is 3.44. The van der Waals surface area contributed by atoms with Gasteiger partial charge in [0.05, 0.1) is 28.0 Å². The topological polar surface area (TPSA) is 112 Å². The van der Waals surface area contributed by atoms with E-state index in [-0.39, 0.29) is 16.3 Å². The van der Waals surface area contributed by atoms with Gasteiger partial charge in [0, 0.05) is 5.56 Å². The first-order valence-corrected chi connectivity index (χ1v) is 12.2. The molecule has 5 rings (SSSR count). The summed E-state index contributed by atoms with van der Waals surface area (Å²) >= 11 is 1.12. The minimum atomic E-state index is -1.80. The summed E-state index contributed by atoms with van der Waals surface area (Å²) in [5.74, 6) is -6.07. The molecule has 1 N–H and O–H groups in total. The molecule has 2 heterocycles. The zero-order valence-corrected chi connectivity index (χ0v) is 20.2. The predicted octanol–water partition coefficient (Wildman–Crippen LogP) is 4.75. The molecule has 186 valence electrons. The molecule has 10 heteroatoms. The normalized spacial score (nSPS) is 15.1. The SMILES string of the molecule is CCOc1ccc2nc(NC(=O)C(=O)[C@@H](C(=O)c3ccccc3F)[C@@H]3OC(=O)c4ccccc43)sc2c1. The summed E-state index contributed by atoms with van der Waals surface area (Å²) in [4.78, 5) is 56.7. The Labute approximate surface area is 214 Å². The van der Waals surface area contributed by atoms with Gasteiger partial charge >= 0.3 is 5.97 Å². The maximum atomic E-state index is 14.5. The van der Waals surface area contributed by atoms with Gasteiger partial charge in [0.25, 0.3) is 5.91 Å². The number of nitrogens with zero attached hydrogens (tertiary/aromatic N) is 1. The van der Waals surface area contributed by atoms with Gasteiger partial charge in [-0.1, -0.05) is 41.7 Å². The van der Waals surface area contributed by atoms with Crippen molar-refractivity contribution in [2.75, 3.05) is 11.9 Å². The number of hydrogen-bond donors (Lipinski definition) is 1. The van der Waals surface area contributed by atoms with Crippen molar-refractivity contribution in [2.24, 2.45) is 5.92 Å². The summed E-state index contributed by atoms with van der Waals surface area (Å²) in [6, 6.07) is 16.6. The number of carbonyl (C=O) groups is 4. The van der Waals surface area contributed by atoms with Crippen molar-refractivity contribution in [2.45, 2.75) is 13.0 Å². The molecule has 0 unspecified atom stereocenters. The molecule has 0 radical (unpaired) electrons. The lowest BCUT2D eigenvalue weighted by molar-refractivity contribution is -0.138. The summed E-state index contributed by atoms with van der Waals surface area (Å²) in [6.45, 7) is 2.34. The number of hydrogen-bond acceptors (Lipinski definition) is 8.